The Kier molecular flexibility index (Phi) is 8.67. The lowest BCUT2D eigenvalue weighted by Gasteiger charge is -2.34. The van der Waals surface area contributed by atoms with Gasteiger partial charge in [-0.1, -0.05) is 37.3 Å². The van der Waals surface area contributed by atoms with Gasteiger partial charge in [-0.15, -0.1) is 0 Å². The fourth-order valence-corrected chi connectivity index (χ4v) is 3.93. The van der Waals surface area contributed by atoms with Crippen molar-refractivity contribution < 1.29 is 14.3 Å². The number of nitrogen functional groups attached to an aromatic ring is 1. The molecule has 0 bridgehead atoms. The van der Waals surface area contributed by atoms with Gasteiger partial charge in [0.15, 0.2) is 0 Å². The van der Waals surface area contributed by atoms with Gasteiger partial charge in [0.1, 0.15) is 11.5 Å². The van der Waals surface area contributed by atoms with Gasteiger partial charge in [-0.2, -0.15) is 0 Å². The van der Waals surface area contributed by atoms with Gasteiger partial charge in [0.25, 0.3) is 5.56 Å². The van der Waals surface area contributed by atoms with Crippen molar-refractivity contribution in [3.8, 4) is 0 Å². The summed E-state index contributed by atoms with van der Waals surface area (Å²) in [5, 5.41) is 0. The van der Waals surface area contributed by atoms with Crippen LogP contribution in [0.4, 0.5) is 11.5 Å². The van der Waals surface area contributed by atoms with Gasteiger partial charge in [0, 0.05) is 33.4 Å². The molecule has 0 saturated carbocycles. The number of methoxy groups -OCH3 is 1. The number of aromatic amines is 1. The molecule has 1 unspecified atom stereocenters. The average Bonchev–Trinajstić information content (AvgIpc) is 2.82. The number of amides is 1. The Hall–Kier alpha value is -3.11. The lowest BCUT2D eigenvalue weighted by Crippen LogP contribution is -2.50. The van der Waals surface area contributed by atoms with E-state index < -0.39 is 11.2 Å². The van der Waals surface area contributed by atoms with Crippen LogP contribution in [0.5, 0.6) is 0 Å². The van der Waals surface area contributed by atoms with E-state index in [1.165, 1.54) is 4.57 Å². The SMILES string of the molecule is CCC1CN(C(=O)CN(CCCOC)c2c(N)n(Cc3ccccc3)c(=O)[nH]c2=O)CCO1. The number of ether oxygens (including phenoxy) is 2. The molecule has 180 valence electrons. The van der Waals surface area contributed by atoms with E-state index in [1.807, 2.05) is 37.3 Å². The fraction of sp³-hybridized carbons (Fsp3) is 0.522. The Balaban J connectivity index is 1.91. The predicted molar refractivity (Wildman–Crippen MR) is 127 cm³/mol. The number of nitrogens with zero attached hydrogens (tertiary/aromatic N) is 3. The smallest absolute Gasteiger partial charge is 0.330 e. The van der Waals surface area contributed by atoms with Crippen LogP contribution in [0.2, 0.25) is 0 Å². The van der Waals surface area contributed by atoms with Crippen LogP contribution in [0, 0.1) is 0 Å². The summed E-state index contributed by atoms with van der Waals surface area (Å²) in [6, 6.07) is 9.36. The second-order valence-electron chi connectivity index (χ2n) is 8.07. The molecule has 1 aromatic carbocycles. The number of nitrogens with two attached hydrogens (primary N) is 1. The van der Waals surface area contributed by atoms with Gasteiger partial charge < -0.3 is 25.0 Å². The van der Waals surface area contributed by atoms with E-state index in [1.54, 1.807) is 16.9 Å². The summed E-state index contributed by atoms with van der Waals surface area (Å²) in [6.07, 6.45) is 1.41. The maximum atomic E-state index is 13.1. The molecule has 1 aliphatic rings. The summed E-state index contributed by atoms with van der Waals surface area (Å²) in [4.78, 5) is 44.2. The number of hydrogen-bond acceptors (Lipinski definition) is 7. The maximum Gasteiger partial charge on any atom is 0.330 e. The first-order chi connectivity index (χ1) is 15.9. The summed E-state index contributed by atoms with van der Waals surface area (Å²) in [5.41, 5.74) is 6.15. The minimum atomic E-state index is -0.611. The monoisotopic (exact) mass is 459 g/mol. The molecule has 1 saturated heterocycles. The number of rotatable bonds is 10. The van der Waals surface area contributed by atoms with Gasteiger partial charge in [-0.05, 0) is 18.4 Å². The third-order valence-corrected chi connectivity index (χ3v) is 5.76. The lowest BCUT2D eigenvalue weighted by molar-refractivity contribution is -0.137. The number of benzene rings is 1. The molecule has 1 amide bonds. The lowest BCUT2D eigenvalue weighted by atomic mass is 10.2. The molecule has 10 nitrogen and oxygen atoms in total. The number of carbonyl (C=O) groups is 1. The van der Waals surface area contributed by atoms with Crippen molar-refractivity contribution in [1.29, 1.82) is 0 Å². The third-order valence-electron chi connectivity index (χ3n) is 5.76. The number of aromatic nitrogens is 2. The minimum Gasteiger partial charge on any atom is -0.385 e. The van der Waals surface area contributed by atoms with Crippen LogP contribution in [-0.4, -0.2) is 73.0 Å². The van der Waals surface area contributed by atoms with Gasteiger partial charge in [0.05, 0.1) is 25.8 Å². The molecule has 33 heavy (non-hydrogen) atoms. The first kappa shape index (κ1) is 24.5. The molecule has 2 aromatic rings. The number of H-pyrrole nitrogens is 1. The Morgan fingerprint density at radius 3 is 2.76 bits per heavy atom. The summed E-state index contributed by atoms with van der Waals surface area (Å²) in [5.74, 6) is -0.0833. The van der Waals surface area contributed by atoms with Gasteiger partial charge in [-0.25, -0.2) is 4.79 Å². The van der Waals surface area contributed by atoms with Crippen molar-refractivity contribution in [1.82, 2.24) is 14.5 Å². The molecule has 0 spiro atoms. The number of hydrogen-bond donors (Lipinski definition) is 2. The van der Waals surface area contributed by atoms with Crippen LogP contribution in [0.25, 0.3) is 0 Å². The second kappa shape index (κ2) is 11.7. The van der Waals surface area contributed by atoms with Gasteiger partial charge in [0.2, 0.25) is 5.91 Å². The first-order valence-corrected chi connectivity index (χ1v) is 11.2. The van der Waals surface area contributed by atoms with E-state index in [0.29, 0.717) is 39.3 Å². The molecule has 3 N–H and O–H groups in total. The van der Waals surface area contributed by atoms with Crippen molar-refractivity contribution in [3.63, 3.8) is 0 Å². The van der Waals surface area contributed by atoms with Gasteiger partial charge >= 0.3 is 5.69 Å². The molecule has 0 radical (unpaired) electrons. The quantitative estimate of drug-likeness (QED) is 0.500. The van der Waals surface area contributed by atoms with E-state index in [2.05, 4.69) is 4.98 Å². The molecule has 1 fully saturated rings. The predicted octanol–water partition coefficient (Wildman–Crippen LogP) is 0.647. The summed E-state index contributed by atoms with van der Waals surface area (Å²) in [7, 11) is 1.59. The molecule has 1 aliphatic heterocycles. The highest BCUT2D eigenvalue weighted by molar-refractivity contribution is 5.82. The molecule has 1 aromatic heterocycles. The molecule has 0 aliphatic carbocycles. The Morgan fingerprint density at radius 2 is 2.06 bits per heavy atom. The largest absolute Gasteiger partial charge is 0.385 e. The standard InChI is InChI=1S/C23H33N5O5/c1-3-18-15-26(11-13-33-18)19(29)16-27(10-7-12-32-2)20-21(24)28(23(31)25-22(20)30)14-17-8-5-4-6-9-17/h4-6,8-9,18H,3,7,10-16,24H2,1-2H3,(H,25,30,31). The Labute approximate surface area is 192 Å². The zero-order valence-electron chi connectivity index (χ0n) is 19.3. The Morgan fingerprint density at radius 1 is 1.30 bits per heavy atom. The maximum absolute atomic E-state index is 13.1. The van der Waals surface area contributed by atoms with E-state index in [4.69, 9.17) is 15.2 Å². The van der Waals surface area contributed by atoms with Crippen LogP contribution >= 0.6 is 0 Å². The molecular weight excluding hydrogens is 426 g/mol. The summed E-state index contributed by atoms with van der Waals surface area (Å²) < 4.78 is 12.1. The normalized spacial score (nSPS) is 16.1. The Bertz CT molecular complexity index is 1040. The fourth-order valence-electron chi connectivity index (χ4n) is 3.93. The number of nitrogens with one attached hydrogen (secondary N) is 1. The first-order valence-electron chi connectivity index (χ1n) is 11.2. The topological polar surface area (TPSA) is 123 Å². The molecular formula is C23H33N5O5. The zero-order chi connectivity index (χ0) is 23.8. The van der Waals surface area contributed by atoms with E-state index in [-0.39, 0.29) is 36.6 Å². The second-order valence-corrected chi connectivity index (χ2v) is 8.07. The van der Waals surface area contributed by atoms with Crippen molar-refractivity contribution in [2.75, 3.05) is 57.1 Å². The van der Waals surface area contributed by atoms with E-state index >= 15 is 0 Å². The highest BCUT2D eigenvalue weighted by atomic mass is 16.5. The molecule has 3 rings (SSSR count). The highest BCUT2D eigenvalue weighted by Crippen LogP contribution is 2.19. The average molecular weight is 460 g/mol. The summed E-state index contributed by atoms with van der Waals surface area (Å²) in [6.45, 7) is 4.53. The summed E-state index contributed by atoms with van der Waals surface area (Å²) >= 11 is 0. The zero-order valence-corrected chi connectivity index (χ0v) is 19.3. The number of carbonyl (C=O) groups excluding carboxylic acids is 1. The van der Waals surface area contributed by atoms with Crippen LogP contribution in [0.1, 0.15) is 25.3 Å². The van der Waals surface area contributed by atoms with Crippen molar-refractivity contribution in [2.45, 2.75) is 32.4 Å². The third kappa shape index (κ3) is 6.23. The van der Waals surface area contributed by atoms with Gasteiger partial charge in [-0.3, -0.25) is 19.1 Å². The number of anilines is 2. The van der Waals surface area contributed by atoms with Crippen molar-refractivity contribution >= 4 is 17.4 Å². The van der Waals surface area contributed by atoms with Crippen molar-refractivity contribution in [2.24, 2.45) is 0 Å². The molecule has 10 heteroatoms. The van der Waals surface area contributed by atoms with Crippen LogP contribution in [0.3, 0.4) is 0 Å². The number of morpholine rings is 1. The van der Waals surface area contributed by atoms with Crippen molar-refractivity contribution in [3.05, 3.63) is 56.7 Å². The van der Waals surface area contributed by atoms with E-state index in [0.717, 1.165) is 12.0 Å². The van der Waals surface area contributed by atoms with Crippen LogP contribution in [-0.2, 0) is 20.8 Å². The highest BCUT2D eigenvalue weighted by Gasteiger charge is 2.27. The molecule has 2 heterocycles. The van der Waals surface area contributed by atoms with Crippen LogP contribution < -0.4 is 21.9 Å². The van der Waals surface area contributed by atoms with Crippen LogP contribution in [0.15, 0.2) is 39.9 Å². The molecule has 1 atom stereocenters. The minimum absolute atomic E-state index is 0.00545. The van der Waals surface area contributed by atoms with E-state index in [9.17, 15) is 14.4 Å².